The minimum absolute atomic E-state index is 0.0586. The third-order valence-corrected chi connectivity index (χ3v) is 9.76. The lowest BCUT2D eigenvalue weighted by atomic mass is 9.85. The molecule has 4 atom stereocenters. The molecule has 2 fully saturated rings. The van der Waals surface area contributed by atoms with Crippen molar-refractivity contribution in [1.29, 1.82) is 0 Å². The molecule has 0 spiro atoms. The summed E-state index contributed by atoms with van der Waals surface area (Å²) in [5, 5.41) is 6.67. The molecule has 0 radical (unpaired) electrons. The second kappa shape index (κ2) is 14.1. The van der Waals surface area contributed by atoms with E-state index in [0.717, 1.165) is 0 Å². The summed E-state index contributed by atoms with van der Waals surface area (Å²) < 4.78 is 63.5. The predicted molar refractivity (Wildman–Crippen MR) is 177 cm³/mol. The maximum atomic E-state index is 16.0. The number of rotatable bonds is 11. The van der Waals surface area contributed by atoms with Crippen molar-refractivity contribution < 1.29 is 41.8 Å². The van der Waals surface area contributed by atoms with Crippen molar-refractivity contribution in [3.63, 3.8) is 0 Å². The normalized spacial score (nSPS) is 23.6. The maximum Gasteiger partial charge on any atom is 0.338 e. The Morgan fingerprint density at radius 2 is 1.96 bits per heavy atom. The molecule has 4 heterocycles. The Kier molecular flexibility index (Phi) is 10.6. The van der Waals surface area contributed by atoms with Crippen LogP contribution in [0.25, 0.3) is 0 Å². The number of hydrogen-bond acceptors (Lipinski definition) is 12. The number of ether oxygens (including phenoxy) is 3. The maximum absolute atomic E-state index is 16.0. The number of amidine groups is 1. The van der Waals surface area contributed by atoms with Crippen LogP contribution in [0.3, 0.4) is 0 Å². The molecule has 49 heavy (non-hydrogen) atoms. The molecule has 0 bridgehead atoms. The summed E-state index contributed by atoms with van der Waals surface area (Å²) in [7, 11) is 1.42. The van der Waals surface area contributed by atoms with Crippen molar-refractivity contribution in [2.75, 3.05) is 40.0 Å². The quantitative estimate of drug-likeness (QED) is 0.327. The molecule has 1 aromatic heterocycles. The van der Waals surface area contributed by atoms with Gasteiger partial charge in [0, 0.05) is 30.9 Å². The van der Waals surface area contributed by atoms with E-state index in [1.165, 1.54) is 35.6 Å². The third-order valence-electron chi connectivity index (χ3n) is 8.98. The molecular formula is C34H44F3N5O6S. The van der Waals surface area contributed by atoms with E-state index >= 15 is 8.78 Å². The van der Waals surface area contributed by atoms with Crippen LogP contribution in [0.5, 0.6) is 0 Å². The highest BCUT2D eigenvalue weighted by Gasteiger charge is 2.61. The van der Waals surface area contributed by atoms with Crippen molar-refractivity contribution in [2.45, 2.75) is 84.2 Å². The fraction of sp³-hybridized carbons (Fsp3) is 0.588. The van der Waals surface area contributed by atoms with Crippen LogP contribution < -0.4 is 5.32 Å². The zero-order chi connectivity index (χ0) is 35.9. The molecule has 0 aliphatic carbocycles. The Balaban J connectivity index is 1.47. The summed E-state index contributed by atoms with van der Waals surface area (Å²) in [5.74, 6) is -4.60. The van der Waals surface area contributed by atoms with Gasteiger partial charge in [-0.2, -0.15) is 5.06 Å². The highest BCUT2D eigenvalue weighted by molar-refractivity contribution is 7.11. The van der Waals surface area contributed by atoms with E-state index in [9.17, 15) is 14.0 Å². The number of likely N-dealkylation sites (tertiary alicyclic amines) is 1. The lowest BCUT2D eigenvalue weighted by Gasteiger charge is -2.37. The third kappa shape index (κ3) is 7.55. The predicted octanol–water partition coefficient (Wildman–Crippen LogP) is 4.82. The number of hydroxylamine groups is 2. The van der Waals surface area contributed by atoms with Crippen LogP contribution in [-0.4, -0.2) is 102 Å². The number of fused-ring (bicyclic) bond motifs is 1. The highest BCUT2D eigenvalue weighted by atomic mass is 32.1. The minimum Gasteiger partial charge on any atom is -0.463 e. The van der Waals surface area contributed by atoms with E-state index in [4.69, 9.17) is 24.0 Å². The lowest BCUT2D eigenvalue weighted by Crippen LogP contribution is -2.52. The average molecular weight is 708 g/mol. The lowest BCUT2D eigenvalue weighted by molar-refractivity contribution is -0.208. The Bertz CT molecular complexity index is 1610. The molecular weight excluding hydrogens is 663 g/mol. The number of esters is 2. The summed E-state index contributed by atoms with van der Waals surface area (Å²) in [4.78, 5) is 43.3. The number of nitrogens with one attached hydrogen (secondary N) is 1. The molecule has 3 aliphatic rings. The summed E-state index contributed by atoms with van der Waals surface area (Å²) in [6.07, 6.45) is 0.765. The Labute approximate surface area is 288 Å². The van der Waals surface area contributed by atoms with Crippen LogP contribution in [0.2, 0.25) is 0 Å². The van der Waals surface area contributed by atoms with Crippen molar-refractivity contribution in [2.24, 2.45) is 10.4 Å². The number of nitrogens with zero attached hydrogens (tertiary/aromatic N) is 4. The van der Waals surface area contributed by atoms with Crippen molar-refractivity contribution >= 4 is 29.1 Å². The first-order valence-electron chi connectivity index (χ1n) is 16.2. The second-order valence-corrected chi connectivity index (χ2v) is 14.8. The van der Waals surface area contributed by atoms with E-state index < -0.39 is 65.5 Å². The Morgan fingerprint density at radius 1 is 1.22 bits per heavy atom. The van der Waals surface area contributed by atoms with Crippen LogP contribution in [0.1, 0.15) is 63.7 Å². The first kappa shape index (κ1) is 36.9. The van der Waals surface area contributed by atoms with Crippen molar-refractivity contribution in [3.05, 3.63) is 63.0 Å². The van der Waals surface area contributed by atoms with Crippen LogP contribution >= 0.6 is 11.3 Å². The van der Waals surface area contributed by atoms with E-state index in [1.54, 1.807) is 71.0 Å². The van der Waals surface area contributed by atoms with Crippen LogP contribution in [0.4, 0.5) is 13.2 Å². The summed E-state index contributed by atoms with van der Waals surface area (Å²) >= 11 is 1.31. The van der Waals surface area contributed by atoms with Gasteiger partial charge in [0.15, 0.2) is 10.8 Å². The standard InChI is InChI=1S/C34H44F3N5O6S/c1-9-46-30(43)25-22(39-28(29-38-13-14-49-29)40-26(25)20-11-10-12-21(35)19(20)2)15-41-18-34(36,37)27-23(41)17-47-42(27)16-24(45-8)33(6,7)31(44)48-32(3,4)5/h10-14,23-24,26-27H,9,15-18H2,1-8H3,(H,39,40)/t23-,24?,26+,27+/m1/s1. The van der Waals surface area contributed by atoms with Crippen molar-refractivity contribution in [3.8, 4) is 0 Å². The Hall–Kier alpha value is -3.37. The smallest absolute Gasteiger partial charge is 0.338 e. The van der Waals surface area contributed by atoms with Crippen LogP contribution in [-0.2, 0) is 28.6 Å². The zero-order valence-electron chi connectivity index (χ0n) is 29.0. The van der Waals surface area contributed by atoms with E-state index in [0.29, 0.717) is 27.7 Å². The highest BCUT2D eigenvalue weighted by Crippen LogP contribution is 2.43. The average Bonchev–Trinajstić information content (AvgIpc) is 3.75. The number of alkyl halides is 2. The summed E-state index contributed by atoms with van der Waals surface area (Å²) in [6, 6.07) is 1.39. The topological polar surface area (TPSA) is 115 Å². The molecule has 1 N–H and O–H groups in total. The molecule has 11 nitrogen and oxygen atoms in total. The van der Waals surface area contributed by atoms with E-state index in [-0.39, 0.29) is 31.9 Å². The first-order chi connectivity index (χ1) is 23.0. The number of thiazole rings is 1. The van der Waals surface area contributed by atoms with Gasteiger partial charge in [-0.25, -0.2) is 22.9 Å². The summed E-state index contributed by atoms with van der Waals surface area (Å²) in [5.41, 5.74) is -0.804. The zero-order valence-corrected chi connectivity index (χ0v) is 29.8. The van der Waals surface area contributed by atoms with Crippen LogP contribution in [0.15, 0.2) is 46.0 Å². The fourth-order valence-electron chi connectivity index (χ4n) is 6.42. The number of halogens is 3. The summed E-state index contributed by atoms with van der Waals surface area (Å²) in [6.45, 7) is 10.9. The number of carbonyl (C=O) groups excluding carboxylic acids is 2. The van der Waals surface area contributed by atoms with Gasteiger partial charge in [0.2, 0.25) is 0 Å². The SMILES string of the molecule is CCOC(=O)C1=C(CN2CC(F)(F)[C@@H]3[C@H]2CON3CC(OC)C(C)(C)C(=O)OC(C)(C)C)NC(c2nccs2)=N[C@H]1c1cccc(F)c1C. The van der Waals surface area contributed by atoms with Gasteiger partial charge in [-0.15, -0.1) is 11.3 Å². The van der Waals surface area contributed by atoms with E-state index in [1.807, 2.05) is 0 Å². The molecule has 2 saturated heterocycles. The number of aromatic nitrogens is 1. The number of hydrogen-bond donors (Lipinski definition) is 1. The molecule has 2 aromatic rings. The van der Waals surface area contributed by atoms with Crippen LogP contribution in [0, 0.1) is 18.2 Å². The molecule has 0 saturated carbocycles. The van der Waals surface area contributed by atoms with Gasteiger partial charge in [-0.3, -0.25) is 19.5 Å². The minimum atomic E-state index is -3.24. The number of benzene rings is 1. The molecule has 3 aliphatic heterocycles. The van der Waals surface area contributed by atoms with Gasteiger partial charge < -0.3 is 19.5 Å². The van der Waals surface area contributed by atoms with Gasteiger partial charge >= 0.3 is 11.9 Å². The molecule has 268 valence electrons. The monoisotopic (exact) mass is 707 g/mol. The first-order valence-corrected chi connectivity index (χ1v) is 17.0. The van der Waals surface area contributed by atoms with E-state index in [2.05, 4.69) is 10.3 Å². The van der Waals surface area contributed by atoms with Crippen molar-refractivity contribution in [1.82, 2.24) is 20.3 Å². The van der Waals surface area contributed by atoms with Gasteiger partial charge in [-0.05, 0) is 65.7 Å². The van der Waals surface area contributed by atoms with Gasteiger partial charge in [0.25, 0.3) is 5.92 Å². The molecule has 0 amide bonds. The van der Waals surface area contributed by atoms with Gasteiger partial charge in [0.1, 0.15) is 23.5 Å². The second-order valence-electron chi connectivity index (χ2n) is 13.9. The molecule has 1 aromatic carbocycles. The molecule has 5 rings (SSSR count). The number of carbonyl (C=O) groups is 2. The number of aliphatic imine (C=N–C) groups is 1. The van der Waals surface area contributed by atoms with Gasteiger partial charge in [-0.1, -0.05) is 12.1 Å². The molecule has 15 heteroatoms. The fourth-order valence-corrected chi connectivity index (χ4v) is 7.01. The molecule has 1 unspecified atom stereocenters. The largest absolute Gasteiger partial charge is 0.463 e. The Morgan fingerprint density at radius 3 is 2.59 bits per heavy atom. The number of methoxy groups -OCH3 is 1. The van der Waals surface area contributed by atoms with Gasteiger partial charge in [0.05, 0.1) is 49.4 Å².